The Hall–Kier alpha value is -0.570. The Morgan fingerprint density at radius 3 is 2.75 bits per heavy atom. The van der Waals surface area contributed by atoms with Gasteiger partial charge >= 0.3 is 0 Å². The smallest absolute Gasteiger partial charge is 0.233 e. The highest BCUT2D eigenvalue weighted by Gasteiger charge is 2.11. The van der Waals surface area contributed by atoms with Gasteiger partial charge in [0.25, 0.3) is 0 Å². The van der Waals surface area contributed by atoms with Crippen molar-refractivity contribution in [3.8, 4) is 0 Å². The summed E-state index contributed by atoms with van der Waals surface area (Å²) in [4.78, 5) is 10.5. The van der Waals surface area contributed by atoms with Crippen LogP contribution in [-0.4, -0.2) is 24.0 Å². The molecule has 46 valence electrons. The van der Waals surface area contributed by atoms with E-state index in [2.05, 4.69) is 5.43 Å². The molecule has 1 saturated heterocycles. The molecule has 8 heavy (non-hydrogen) atoms. The highest BCUT2D eigenvalue weighted by atomic mass is 16.2. The van der Waals surface area contributed by atoms with E-state index in [-0.39, 0.29) is 5.91 Å². The average molecular weight is 114 g/mol. The molecule has 1 fully saturated rings. The molecule has 0 aliphatic carbocycles. The second-order valence-electron chi connectivity index (χ2n) is 1.93. The Balaban J connectivity index is 2.35. The second-order valence-corrected chi connectivity index (χ2v) is 1.93. The SMILES string of the molecule is CC(=O)N1CCCN1. The lowest BCUT2D eigenvalue weighted by atomic mass is 10.5. The van der Waals surface area contributed by atoms with E-state index in [1.165, 1.54) is 0 Å². The summed E-state index contributed by atoms with van der Waals surface area (Å²) < 4.78 is 0. The summed E-state index contributed by atoms with van der Waals surface area (Å²) in [5.74, 6) is 0.113. The third kappa shape index (κ3) is 0.980. The summed E-state index contributed by atoms with van der Waals surface area (Å²) in [7, 11) is 0. The molecule has 0 bridgehead atoms. The topological polar surface area (TPSA) is 32.3 Å². The summed E-state index contributed by atoms with van der Waals surface area (Å²) in [5, 5.41) is 1.64. The van der Waals surface area contributed by atoms with Crippen molar-refractivity contribution in [3.05, 3.63) is 0 Å². The predicted octanol–water partition coefficient (Wildman–Crippen LogP) is -0.257. The number of hydrazine groups is 1. The van der Waals surface area contributed by atoms with Crippen LogP contribution in [0.2, 0.25) is 0 Å². The van der Waals surface area contributed by atoms with E-state index in [0.29, 0.717) is 0 Å². The van der Waals surface area contributed by atoms with E-state index in [1.54, 1.807) is 11.9 Å². The van der Waals surface area contributed by atoms with Crippen LogP contribution in [0.15, 0.2) is 0 Å². The Kier molecular flexibility index (Phi) is 1.48. The lowest BCUT2D eigenvalue weighted by Crippen LogP contribution is -2.34. The third-order valence-electron chi connectivity index (χ3n) is 1.24. The van der Waals surface area contributed by atoms with Crippen LogP contribution < -0.4 is 5.43 Å². The van der Waals surface area contributed by atoms with Crippen molar-refractivity contribution >= 4 is 5.91 Å². The molecule has 1 aliphatic rings. The van der Waals surface area contributed by atoms with Crippen molar-refractivity contribution in [2.75, 3.05) is 13.1 Å². The zero-order chi connectivity index (χ0) is 5.98. The normalized spacial score (nSPS) is 19.4. The molecule has 0 radical (unpaired) electrons. The van der Waals surface area contributed by atoms with Crippen LogP contribution in [0, 0.1) is 0 Å². The summed E-state index contributed by atoms with van der Waals surface area (Å²) in [6.45, 7) is 3.38. The Bertz CT molecular complexity index is 96.6. The van der Waals surface area contributed by atoms with Crippen LogP contribution in [0.3, 0.4) is 0 Å². The van der Waals surface area contributed by atoms with E-state index in [1.807, 2.05) is 0 Å². The fraction of sp³-hybridized carbons (Fsp3) is 0.800. The van der Waals surface area contributed by atoms with Gasteiger partial charge in [0, 0.05) is 20.0 Å². The molecule has 1 heterocycles. The number of rotatable bonds is 0. The number of nitrogens with one attached hydrogen (secondary N) is 1. The first kappa shape index (κ1) is 5.56. The fourth-order valence-electron chi connectivity index (χ4n) is 0.799. The van der Waals surface area contributed by atoms with Gasteiger partial charge in [0.2, 0.25) is 5.91 Å². The molecule has 1 amide bonds. The van der Waals surface area contributed by atoms with Crippen LogP contribution >= 0.6 is 0 Å². The zero-order valence-corrected chi connectivity index (χ0v) is 4.98. The fourth-order valence-corrected chi connectivity index (χ4v) is 0.799. The molecule has 1 rings (SSSR count). The van der Waals surface area contributed by atoms with Crippen molar-refractivity contribution in [2.45, 2.75) is 13.3 Å². The zero-order valence-electron chi connectivity index (χ0n) is 4.98. The van der Waals surface area contributed by atoms with Crippen LogP contribution in [-0.2, 0) is 4.79 Å². The van der Waals surface area contributed by atoms with Crippen molar-refractivity contribution in [1.82, 2.24) is 10.4 Å². The van der Waals surface area contributed by atoms with Crippen molar-refractivity contribution < 1.29 is 4.79 Å². The Morgan fingerprint density at radius 1 is 1.75 bits per heavy atom. The van der Waals surface area contributed by atoms with Crippen LogP contribution in [0.5, 0.6) is 0 Å². The summed E-state index contributed by atoms with van der Waals surface area (Å²) in [6.07, 6.45) is 1.08. The molecule has 3 heteroatoms. The van der Waals surface area contributed by atoms with Gasteiger partial charge in [0.1, 0.15) is 0 Å². The first-order chi connectivity index (χ1) is 3.80. The first-order valence-electron chi connectivity index (χ1n) is 2.82. The quantitative estimate of drug-likeness (QED) is 0.470. The molecule has 0 aromatic carbocycles. The standard InChI is InChI=1S/C5H10N2O/c1-5(8)7-4-2-3-6-7/h6H,2-4H2,1H3. The third-order valence-corrected chi connectivity index (χ3v) is 1.24. The Morgan fingerprint density at radius 2 is 2.50 bits per heavy atom. The van der Waals surface area contributed by atoms with Crippen LogP contribution in [0.1, 0.15) is 13.3 Å². The first-order valence-corrected chi connectivity index (χ1v) is 2.82. The highest BCUT2D eigenvalue weighted by Crippen LogP contribution is 1.94. The minimum atomic E-state index is 0.113. The van der Waals surface area contributed by atoms with Gasteiger partial charge in [-0.05, 0) is 6.42 Å². The van der Waals surface area contributed by atoms with Gasteiger partial charge in [0.15, 0.2) is 0 Å². The average Bonchev–Trinajstić information content (AvgIpc) is 2.12. The van der Waals surface area contributed by atoms with E-state index in [0.717, 1.165) is 19.5 Å². The largest absolute Gasteiger partial charge is 0.278 e. The van der Waals surface area contributed by atoms with E-state index in [9.17, 15) is 4.79 Å². The minimum Gasteiger partial charge on any atom is -0.278 e. The maximum Gasteiger partial charge on any atom is 0.233 e. The van der Waals surface area contributed by atoms with Gasteiger partial charge in [-0.2, -0.15) is 0 Å². The van der Waals surface area contributed by atoms with E-state index < -0.39 is 0 Å². The Labute approximate surface area is 48.6 Å². The highest BCUT2D eigenvalue weighted by molar-refractivity contribution is 5.72. The number of carbonyl (C=O) groups excluding carboxylic acids is 1. The lowest BCUT2D eigenvalue weighted by Gasteiger charge is -2.10. The minimum absolute atomic E-state index is 0.113. The van der Waals surface area contributed by atoms with Crippen LogP contribution in [0.25, 0.3) is 0 Å². The van der Waals surface area contributed by atoms with E-state index >= 15 is 0 Å². The summed E-state index contributed by atoms with van der Waals surface area (Å²) in [6, 6.07) is 0. The molecule has 0 atom stereocenters. The second kappa shape index (κ2) is 2.13. The number of hydrogen-bond donors (Lipinski definition) is 1. The monoisotopic (exact) mass is 114 g/mol. The van der Waals surface area contributed by atoms with Crippen molar-refractivity contribution in [1.29, 1.82) is 0 Å². The maximum absolute atomic E-state index is 10.5. The van der Waals surface area contributed by atoms with Gasteiger partial charge in [-0.1, -0.05) is 0 Å². The number of nitrogens with zero attached hydrogens (tertiary/aromatic N) is 1. The number of carbonyl (C=O) groups is 1. The van der Waals surface area contributed by atoms with Gasteiger partial charge in [0.05, 0.1) is 0 Å². The molecule has 1 N–H and O–H groups in total. The number of hydrogen-bond acceptors (Lipinski definition) is 2. The van der Waals surface area contributed by atoms with Gasteiger partial charge < -0.3 is 0 Å². The molecule has 0 saturated carbocycles. The van der Waals surface area contributed by atoms with Gasteiger partial charge in [-0.3, -0.25) is 9.80 Å². The molecule has 0 unspecified atom stereocenters. The molecule has 1 aliphatic heterocycles. The molecular formula is C5H10N2O. The van der Waals surface area contributed by atoms with Crippen molar-refractivity contribution in [2.24, 2.45) is 0 Å². The van der Waals surface area contributed by atoms with Crippen molar-refractivity contribution in [3.63, 3.8) is 0 Å². The van der Waals surface area contributed by atoms with Gasteiger partial charge in [-0.15, -0.1) is 0 Å². The molecular weight excluding hydrogens is 104 g/mol. The predicted molar refractivity (Wildman–Crippen MR) is 30.0 cm³/mol. The van der Waals surface area contributed by atoms with Gasteiger partial charge in [-0.25, -0.2) is 5.43 Å². The lowest BCUT2D eigenvalue weighted by molar-refractivity contribution is -0.130. The molecule has 0 aromatic rings. The summed E-state index contributed by atoms with van der Waals surface area (Å²) in [5.41, 5.74) is 2.94. The summed E-state index contributed by atoms with van der Waals surface area (Å²) >= 11 is 0. The number of amides is 1. The maximum atomic E-state index is 10.5. The molecule has 0 aromatic heterocycles. The van der Waals surface area contributed by atoms with E-state index in [4.69, 9.17) is 0 Å². The molecule has 0 spiro atoms. The van der Waals surface area contributed by atoms with Crippen LogP contribution in [0.4, 0.5) is 0 Å². The molecule has 3 nitrogen and oxygen atoms in total.